The predicted molar refractivity (Wildman–Crippen MR) is 62.3 cm³/mol. The van der Waals surface area contributed by atoms with Crippen molar-refractivity contribution in [2.75, 3.05) is 6.67 Å². The van der Waals surface area contributed by atoms with Gasteiger partial charge in [-0.2, -0.15) is 13.2 Å². The van der Waals surface area contributed by atoms with Crippen LogP contribution in [0.3, 0.4) is 0 Å². The third-order valence-electron chi connectivity index (χ3n) is 0.804. The van der Waals surface area contributed by atoms with Crippen LogP contribution in [0.25, 0.3) is 0 Å². The molecule has 17 heavy (non-hydrogen) atoms. The summed E-state index contributed by atoms with van der Waals surface area (Å²) in [5, 5.41) is -0.205. The Bertz CT molecular complexity index is 272. The van der Waals surface area contributed by atoms with Gasteiger partial charge in [-0.25, -0.2) is 4.39 Å². The van der Waals surface area contributed by atoms with Crippen LogP contribution in [0.5, 0.6) is 0 Å². The second-order valence-corrected chi connectivity index (χ2v) is 4.71. The Hall–Kier alpha value is 0.450. The molecule has 0 N–H and O–H groups in total. The van der Waals surface area contributed by atoms with Crippen molar-refractivity contribution in [2.24, 2.45) is 0 Å². The number of halogens is 9. The van der Waals surface area contributed by atoms with Gasteiger partial charge in [0.25, 0.3) is 4.52 Å². The van der Waals surface area contributed by atoms with Crippen LogP contribution in [0.1, 0.15) is 0 Å². The summed E-state index contributed by atoms with van der Waals surface area (Å²) in [6.07, 6.45) is -3.60. The summed E-state index contributed by atoms with van der Waals surface area (Å²) in [6, 6.07) is 0. The van der Waals surface area contributed by atoms with Gasteiger partial charge in [0.05, 0.1) is 6.26 Å². The van der Waals surface area contributed by atoms with E-state index in [2.05, 4.69) is 11.3 Å². The molecule has 0 fully saturated rings. The van der Waals surface area contributed by atoms with Gasteiger partial charge in [0.1, 0.15) is 9.52 Å². The highest BCUT2D eigenvalue weighted by molar-refractivity contribution is 6.63. The van der Waals surface area contributed by atoms with E-state index >= 15 is 0 Å². The second-order valence-electron chi connectivity index (χ2n) is 2.12. The zero-order valence-corrected chi connectivity index (χ0v) is 11.6. The first-order chi connectivity index (χ1) is 7.48. The summed E-state index contributed by atoms with van der Waals surface area (Å²) < 4.78 is 44.2. The van der Waals surface area contributed by atoms with Crippen LogP contribution in [-0.4, -0.2) is 17.4 Å². The topological polar surface area (TPSA) is 9.23 Å². The molecule has 0 aliphatic carbocycles. The maximum atomic E-state index is 10.4. The van der Waals surface area contributed by atoms with Crippen LogP contribution in [0.4, 0.5) is 17.6 Å². The van der Waals surface area contributed by atoms with Crippen LogP contribution in [0.2, 0.25) is 0 Å². The van der Waals surface area contributed by atoms with Crippen LogP contribution < -0.4 is 0 Å². The van der Waals surface area contributed by atoms with E-state index in [9.17, 15) is 17.6 Å². The van der Waals surface area contributed by atoms with Gasteiger partial charge in [0.15, 0.2) is 6.67 Å². The molecule has 0 spiro atoms. The van der Waals surface area contributed by atoms with Gasteiger partial charge in [-0.05, 0) is 0 Å². The Morgan fingerprint density at radius 1 is 1.18 bits per heavy atom. The van der Waals surface area contributed by atoms with E-state index in [1.54, 1.807) is 0 Å². The Morgan fingerprint density at radius 3 is 1.71 bits per heavy atom. The SMILES string of the molecule is C=COC(Cl)(Cl)C(Cl)=C(Cl)Cl.FCC(F)(F)F. The van der Waals surface area contributed by atoms with Gasteiger partial charge in [0.2, 0.25) is 0 Å². The summed E-state index contributed by atoms with van der Waals surface area (Å²) in [5.41, 5.74) is 0. The predicted octanol–water partition coefficient (Wildman–Crippen LogP) is 5.68. The van der Waals surface area contributed by atoms with Crippen molar-refractivity contribution in [3.8, 4) is 0 Å². The molecule has 0 aromatic heterocycles. The maximum Gasteiger partial charge on any atom is 0.416 e. The van der Waals surface area contributed by atoms with Crippen LogP contribution in [0.15, 0.2) is 22.4 Å². The molecule has 0 bridgehead atoms. The second kappa shape index (κ2) is 8.53. The van der Waals surface area contributed by atoms with Gasteiger partial charge < -0.3 is 4.74 Å². The Labute approximate surface area is 120 Å². The van der Waals surface area contributed by atoms with Gasteiger partial charge in [-0.15, -0.1) is 0 Å². The molecule has 0 unspecified atom stereocenters. The molecular formula is C7H5Cl5F4O. The fourth-order valence-electron chi connectivity index (χ4n) is 0.266. The molecule has 0 saturated carbocycles. The van der Waals surface area contributed by atoms with Crippen molar-refractivity contribution in [1.82, 2.24) is 0 Å². The van der Waals surface area contributed by atoms with E-state index in [0.29, 0.717) is 0 Å². The smallest absolute Gasteiger partial charge is 0.416 e. The molecule has 0 aliphatic rings. The standard InChI is InChI=1S/C5H3Cl5O.C2H2F4/c1-2-11-5(9,10)3(6)4(7)8;3-1-2(4,5)6/h2H,1H2;1H2. The lowest BCUT2D eigenvalue weighted by Crippen LogP contribution is -2.15. The Kier molecular flexibility index (Phi) is 9.93. The molecule has 0 saturated heterocycles. The lowest BCUT2D eigenvalue weighted by Gasteiger charge is -2.17. The molecule has 0 rings (SSSR count). The van der Waals surface area contributed by atoms with Crippen molar-refractivity contribution in [3.63, 3.8) is 0 Å². The third kappa shape index (κ3) is 11.3. The number of rotatable bonds is 3. The van der Waals surface area contributed by atoms with Crippen molar-refractivity contribution in [2.45, 2.75) is 10.7 Å². The minimum atomic E-state index is -4.62. The lowest BCUT2D eigenvalue weighted by molar-refractivity contribution is -0.142. The molecule has 0 aliphatic heterocycles. The lowest BCUT2D eigenvalue weighted by atomic mass is 10.6. The molecule has 0 atom stereocenters. The molecule has 0 radical (unpaired) electrons. The van der Waals surface area contributed by atoms with Crippen molar-refractivity contribution in [3.05, 3.63) is 22.4 Å². The van der Waals surface area contributed by atoms with E-state index < -0.39 is 17.4 Å². The zero-order valence-electron chi connectivity index (χ0n) is 7.80. The first kappa shape index (κ1) is 19.8. The summed E-state index contributed by atoms with van der Waals surface area (Å²) in [6.45, 7) is 1.000. The fraction of sp³-hybridized carbons (Fsp3) is 0.429. The Morgan fingerprint density at radius 2 is 1.53 bits per heavy atom. The van der Waals surface area contributed by atoms with Crippen LogP contribution in [-0.2, 0) is 4.74 Å². The summed E-state index contributed by atoms with van der Waals surface area (Å²) in [7, 11) is 0. The van der Waals surface area contributed by atoms with Crippen LogP contribution >= 0.6 is 58.0 Å². The minimum Gasteiger partial charge on any atom is -0.461 e. The highest BCUT2D eigenvalue weighted by Gasteiger charge is 2.31. The molecule has 10 heteroatoms. The van der Waals surface area contributed by atoms with E-state index in [-0.39, 0.29) is 9.52 Å². The van der Waals surface area contributed by atoms with Gasteiger partial charge in [-0.1, -0.05) is 64.6 Å². The summed E-state index contributed by atoms with van der Waals surface area (Å²) >= 11 is 27.0. The molecule has 0 aromatic carbocycles. The van der Waals surface area contributed by atoms with Crippen LogP contribution in [0, 0.1) is 0 Å². The first-order valence-electron chi connectivity index (χ1n) is 3.48. The monoisotopic (exact) mass is 356 g/mol. The molecular weight excluding hydrogens is 353 g/mol. The zero-order chi connectivity index (χ0) is 14.3. The summed E-state index contributed by atoms with van der Waals surface area (Å²) in [5.74, 6) is 0. The highest BCUT2D eigenvalue weighted by Crippen LogP contribution is 2.38. The number of ether oxygens (including phenoxy) is 1. The Balaban J connectivity index is 0. The maximum absolute atomic E-state index is 10.4. The van der Waals surface area contributed by atoms with Crippen molar-refractivity contribution >= 4 is 58.0 Å². The van der Waals surface area contributed by atoms with Gasteiger partial charge in [0, 0.05) is 0 Å². The van der Waals surface area contributed by atoms with E-state index in [1.807, 2.05) is 0 Å². The quantitative estimate of drug-likeness (QED) is 0.358. The summed E-state index contributed by atoms with van der Waals surface area (Å²) in [4.78, 5) is 0. The minimum absolute atomic E-state index is 0.205. The third-order valence-corrected chi connectivity index (χ3v) is 2.58. The normalized spacial score (nSPS) is 11.1. The van der Waals surface area contributed by atoms with E-state index in [0.717, 1.165) is 6.26 Å². The highest BCUT2D eigenvalue weighted by atomic mass is 35.5. The number of hydrogen-bond donors (Lipinski definition) is 0. The molecule has 102 valence electrons. The van der Waals surface area contributed by atoms with Gasteiger partial charge >= 0.3 is 6.18 Å². The fourth-order valence-corrected chi connectivity index (χ4v) is 1.09. The number of alkyl halides is 6. The largest absolute Gasteiger partial charge is 0.461 e. The van der Waals surface area contributed by atoms with E-state index in [1.165, 1.54) is 0 Å². The van der Waals surface area contributed by atoms with Crippen molar-refractivity contribution < 1.29 is 22.3 Å². The molecule has 1 nitrogen and oxygen atoms in total. The number of hydrogen-bond acceptors (Lipinski definition) is 1. The average molecular weight is 358 g/mol. The first-order valence-corrected chi connectivity index (χ1v) is 5.37. The molecule has 0 aromatic rings. The molecule has 0 amide bonds. The van der Waals surface area contributed by atoms with E-state index in [4.69, 9.17) is 58.0 Å². The molecule has 0 heterocycles. The van der Waals surface area contributed by atoms with Gasteiger partial charge in [-0.3, -0.25) is 0 Å². The van der Waals surface area contributed by atoms with Crippen molar-refractivity contribution in [1.29, 1.82) is 0 Å². The average Bonchev–Trinajstić information content (AvgIpc) is 2.16.